The number of esters is 1. The molecule has 28 heavy (non-hydrogen) atoms. The van der Waals surface area contributed by atoms with Crippen molar-refractivity contribution in [3.05, 3.63) is 70.4 Å². The zero-order valence-corrected chi connectivity index (χ0v) is 16.5. The Morgan fingerprint density at radius 2 is 1.82 bits per heavy atom. The number of benzene rings is 2. The van der Waals surface area contributed by atoms with Crippen LogP contribution in [0.15, 0.2) is 58.2 Å². The molecule has 3 rings (SSSR count). The van der Waals surface area contributed by atoms with Crippen LogP contribution in [0.5, 0.6) is 0 Å². The number of rotatable bonds is 7. The fourth-order valence-corrected chi connectivity index (χ4v) is 3.54. The molecule has 0 aliphatic rings. The lowest BCUT2D eigenvalue weighted by molar-refractivity contribution is 0.0522. The van der Waals surface area contributed by atoms with E-state index in [9.17, 15) is 14.0 Å². The van der Waals surface area contributed by atoms with Gasteiger partial charge in [0.1, 0.15) is 12.4 Å². The van der Waals surface area contributed by atoms with Crippen LogP contribution in [-0.4, -0.2) is 28.1 Å². The van der Waals surface area contributed by atoms with E-state index in [-0.39, 0.29) is 29.6 Å². The average molecular weight is 400 g/mol. The van der Waals surface area contributed by atoms with Gasteiger partial charge in [0.2, 0.25) is 0 Å². The number of carbonyl (C=O) groups excluding carboxylic acids is 1. The third kappa shape index (κ3) is 4.59. The summed E-state index contributed by atoms with van der Waals surface area (Å²) >= 11 is 1.27. The van der Waals surface area contributed by atoms with E-state index in [1.807, 2.05) is 13.8 Å². The molecule has 1 heterocycles. The maximum Gasteiger partial charge on any atom is 0.359 e. The van der Waals surface area contributed by atoms with E-state index in [1.54, 1.807) is 42.5 Å². The molecular weight excluding hydrogens is 379 g/mol. The van der Waals surface area contributed by atoms with Crippen LogP contribution in [-0.2, 0) is 11.3 Å². The van der Waals surface area contributed by atoms with Gasteiger partial charge in [0.25, 0.3) is 5.56 Å². The van der Waals surface area contributed by atoms with E-state index < -0.39 is 5.97 Å². The highest BCUT2D eigenvalue weighted by Gasteiger charge is 2.18. The zero-order chi connectivity index (χ0) is 20.1. The maximum absolute atomic E-state index is 13.6. The number of carbonyl (C=O) groups is 1. The molecule has 0 atom stereocenters. The number of nitrogens with zero attached hydrogens (tertiary/aromatic N) is 2. The van der Waals surface area contributed by atoms with Crippen molar-refractivity contribution in [1.82, 2.24) is 9.78 Å². The molecule has 2 aromatic carbocycles. The van der Waals surface area contributed by atoms with Crippen LogP contribution in [0, 0.1) is 11.7 Å². The van der Waals surface area contributed by atoms with Crippen LogP contribution in [0.1, 0.15) is 24.3 Å². The lowest BCUT2D eigenvalue weighted by atomic mass is 10.1. The molecule has 0 unspecified atom stereocenters. The monoisotopic (exact) mass is 400 g/mol. The Morgan fingerprint density at radius 3 is 2.54 bits per heavy atom. The second kappa shape index (κ2) is 9.01. The number of halogens is 1. The van der Waals surface area contributed by atoms with Crippen LogP contribution in [0.3, 0.4) is 0 Å². The van der Waals surface area contributed by atoms with Gasteiger partial charge in [-0.2, -0.15) is 5.10 Å². The summed E-state index contributed by atoms with van der Waals surface area (Å²) < 4.78 is 20.3. The minimum atomic E-state index is -0.595. The van der Waals surface area contributed by atoms with Crippen LogP contribution < -0.4 is 5.56 Å². The van der Waals surface area contributed by atoms with Gasteiger partial charge in [0.15, 0.2) is 5.69 Å². The third-order valence-corrected chi connectivity index (χ3v) is 5.02. The number of ether oxygens (including phenoxy) is 1. The normalized spacial score (nSPS) is 11.1. The molecule has 0 aliphatic carbocycles. The molecule has 0 saturated carbocycles. The Hall–Kier alpha value is -2.67. The quantitative estimate of drug-likeness (QED) is 0.339. The topological polar surface area (TPSA) is 61.2 Å². The van der Waals surface area contributed by atoms with E-state index in [1.165, 1.54) is 22.5 Å². The molecule has 3 aromatic rings. The second-order valence-corrected chi connectivity index (χ2v) is 7.83. The van der Waals surface area contributed by atoms with Crippen molar-refractivity contribution in [1.29, 1.82) is 0 Å². The molecule has 1 aromatic heterocycles. The summed E-state index contributed by atoms with van der Waals surface area (Å²) in [7, 11) is 0. The molecule has 5 nitrogen and oxygen atoms in total. The highest BCUT2D eigenvalue weighted by molar-refractivity contribution is 7.99. The van der Waals surface area contributed by atoms with Crippen molar-refractivity contribution in [2.45, 2.75) is 25.3 Å². The minimum absolute atomic E-state index is 0.108. The smallest absolute Gasteiger partial charge is 0.359 e. The van der Waals surface area contributed by atoms with Crippen LogP contribution in [0.4, 0.5) is 4.39 Å². The fourth-order valence-electron chi connectivity index (χ4n) is 2.77. The molecule has 0 amide bonds. The summed E-state index contributed by atoms with van der Waals surface area (Å²) in [6.45, 7) is 4.46. The number of aromatic nitrogens is 2. The minimum Gasteiger partial charge on any atom is -0.460 e. The molecule has 7 heteroatoms. The highest BCUT2D eigenvalue weighted by atomic mass is 32.2. The first-order valence-corrected chi connectivity index (χ1v) is 10.00. The third-order valence-electron chi connectivity index (χ3n) is 4.01. The van der Waals surface area contributed by atoms with Crippen molar-refractivity contribution in [2.75, 3.05) is 12.4 Å². The molecule has 0 aliphatic heterocycles. The molecule has 0 spiro atoms. The molecule has 0 fully saturated rings. The highest BCUT2D eigenvalue weighted by Crippen LogP contribution is 2.21. The Morgan fingerprint density at radius 1 is 1.14 bits per heavy atom. The lowest BCUT2D eigenvalue weighted by Crippen LogP contribution is -2.28. The SMILES string of the molecule is CC(C)Cn1nc(C(=O)OCCSc2ccccc2F)c2ccccc2c1=O. The summed E-state index contributed by atoms with van der Waals surface area (Å²) in [6.07, 6.45) is 0. The Labute approximate surface area is 166 Å². The second-order valence-electron chi connectivity index (χ2n) is 6.69. The van der Waals surface area contributed by atoms with Crippen molar-refractivity contribution >= 4 is 28.5 Å². The molecule has 146 valence electrons. The first-order valence-electron chi connectivity index (χ1n) is 9.01. The molecule has 0 bridgehead atoms. The standard InChI is InChI=1S/C21H21FN2O3S/c1-14(2)13-24-20(25)16-8-4-3-7-15(16)19(23-24)21(26)27-11-12-28-18-10-6-5-9-17(18)22/h3-10,14H,11-13H2,1-2H3. The molecule has 0 radical (unpaired) electrons. The predicted octanol–water partition coefficient (Wildman–Crippen LogP) is 4.14. The summed E-state index contributed by atoms with van der Waals surface area (Å²) in [4.78, 5) is 25.7. The molecule has 0 N–H and O–H groups in total. The van der Waals surface area contributed by atoms with Crippen molar-refractivity contribution in [2.24, 2.45) is 5.92 Å². The Balaban J connectivity index is 1.76. The first kappa shape index (κ1) is 20.1. The van der Waals surface area contributed by atoms with Gasteiger partial charge < -0.3 is 4.74 Å². The van der Waals surface area contributed by atoms with E-state index >= 15 is 0 Å². The van der Waals surface area contributed by atoms with Gasteiger partial charge in [-0.1, -0.05) is 44.2 Å². The van der Waals surface area contributed by atoms with Gasteiger partial charge in [0.05, 0.1) is 5.39 Å². The Bertz CT molecular complexity index is 1050. The van der Waals surface area contributed by atoms with Crippen molar-refractivity contribution in [3.63, 3.8) is 0 Å². The van der Waals surface area contributed by atoms with Gasteiger partial charge in [-0.3, -0.25) is 4.79 Å². The summed E-state index contributed by atoms with van der Waals surface area (Å²) in [6, 6.07) is 13.3. The summed E-state index contributed by atoms with van der Waals surface area (Å²) in [5.41, 5.74) is -0.109. The molecular formula is C21H21FN2O3S. The van der Waals surface area contributed by atoms with Crippen LogP contribution >= 0.6 is 11.8 Å². The van der Waals surface area contributed by atoms with Crippen LogP contribution in [0.25, 0.3) is 10.8 Å². The Kier molecular flexibility index (Phi) is 6.46. The number of fused-ring (bicyclic) bond motifs is 1. The van der Waals surface area contributed by atoms with Crippen LogP contribution in [0.2, 0.25) is 0 Å². The zero-order valence-electron chi connectivity index (χ0n) is 15.7. The van der Waals surface area contributed by atoms with E-state index in [0.29, 0.717) is 28.0 Å². The maximum atomic E-state index is 13.6. The van der Waals surface area contributed by atoms with E-state index in [0.717, 1.165) is 0 Å². The van der Waals surface area contributed by atoms with Gasteiger partial charge >= 0.3 is 5.97 Å². The molecule has 0 saturated heterocycles. The fraction of sp³-hybridized carbons (Fsp3) is 0.286. The first-order chi connectivity index (χ1) is 13.5. The number of hydrogen-bond donors (Lipinski definition) is 0. The lowest BCUT2D eigenvalue weighted by Gasteiger charge is -2.12. The van der Waals surface area contributed by atoms with Crippen molar-refractivity contribution in [3.8, 4) is 0 Å². The van der Waals surface area contributed by atoms with Crippen molar-refractivity contribution < 1.29 is 13.9 Å². The van der Waals surface area contributed by atoms with E-state index in [4.69, 9.17) is 4.74 Å². The van der Waals surface area contributed by atoms with Gasteiger partial charge in [-0.25, -0.2) is 13.9 Å². The van der Waals surface area contributed by atoms with Gasteiger partial charge in [0, 0.05) is 22.6 Å². The van der Waals surface area contributed by atoms with Gasteiger partial charge in [-0.15, -0.1) is 11.8 Å². The van der Waals surface area contributed by atoms with Gasteiger partial charge in [-0.05, 0) is 24.1 Å². The number of thioether (sulfide) groups is 1. The summed E-state index contributed by atoms with van der Waals surface area (Å²) in [5, 5.41) is 5.16. The number of hydrogen-bond acceptors (Lipinski definition) is 5. The largest absolute Gasteiger partial charge is 0.460 e. The average Bonchev–Trinajstić information content (AvgIpc) is 2.68. The summed E-state index contributed by atoms with van der Waals surface area (Å²) in [5.74, 6) is -0.279. The van der Waals surface area contributed by atoms with E-state index in [2.05, 4.69) is 5.10 Å². The predicted molar refractivity (Wildman–Crippen MR) is 108 cm³/mol.